The molecule has 0 atom stereocenters. The van der Waals surface area contributed by atoms with Gasteiger partial charge in [0.1, 0.15) is 0 Å². The van der Waals surface area contributed by atoms with Crippen LogP contribution >= 0.6 is 0 Å². The molecule has 0 saturated heterocycles. The van der Waals surface area contributed by atoms with Crippen molar-refractivity contribution < 1.29 is 9.47 Å². The van der Waals surface area contributed by atoms with Crippen LogP contribution in [-0.2, 0) is 5.41 Å². The van der Waals surface area contributed by atoms with Crippen molar-refractivity contribution in [1.82, 2.24) is 15.0 Å². The molecule has 2 aliphatic rings. The lowest BCUT2D eigenvalue weighted by Crippen LogP contribution is -2.28. The zero-order chi connectivity index (χ0) is 43.3. The Morgan fingerprint density at radius 3 is 1.65 bits per heavy atom. The van der Waals surface area contributed by atoms with Crippen molar-refractivity contribution >= 4 is 0 Å². The van der Waals surface area contributed by atoms with E-state index in [1.165, 1.54) is 16.7 Å². The van der Waals surface area contributed by atoms with Gasteiger partial charge in [0.15, 0.2) is 40.5 Å². The molecule has 2 heterocycles. The molecule has 12 rings (SSSR count). The predicted octanol–water partition coefficient (Wildman–Crippen LogP) is 14.3. The number of nitrogens with zero attached hydrogens (tertiary/aromatic N) is 4. The van der Waals surface area contributed by atoms with Gasteiger partial charge in [-0.3, -0.25) is 0 Å². The van der Waals surface area contributed by atoms with E-state index < -0.39 is 5.41 Å². The number of aromatic nitrogens is 3. The van der Waals surface area contributed by atoms with Gasteiger partial charge in [-0.15, -0.1) is 0 Å². The minimum atomic E-state index is -0.591. The summed E-state index contributed by atoms with van der Waals surface area (Å²) in [4.78, 5) is 15.4. The maximum Gasteiger partial charge on any atom is 0.178 e. The van der Waals surface area contributed by atoms with Crippen LogP contribution < -0.4 is 9.47 Å². The number of rotatable bonds is 7. The molecule has 0 radical (unpaired) electrons. The van der Waals surface area contributed by atoms with Gasteiger partial charge in [-0.05, 0) is 74.8 Å². The molecule has 6 heteroatoms. The quantitative estimate of drug-likeness (QED) is 0.159. The highest BCUT2D eigenvalue weighted by Crippen LogP contribution is 2.63. The van der Waals surface area contributed by atoms with Crippen LogP contribution in [0.3, 0.4) is 0 Å². The van der Waals surface area contributed by atoms with Crippen LogP contribution in [0.1, 0.15) is 27.8 Å². The average Bonchev–Trinajstić information content (AvgIpc) is 3.70. The second-order valence-corrected chi connectivity index (χ2v) is 16.2. The van der Waals surface area contributed by atoms with Gasteiger partial charge in [0.05, 0.1) is 17.0 Å². The molecule has 0 N–H and O–H groups in total. The monoisotopic (exact) mass is 832 g/mol. The summed E-state index contributed by atoms with van der Waals surface area (Å²) in [5.74, 6) is 4.16. The van der Waals surface area contributed by atoms with Crippen LogP contribution in [0.5, 0.6) is 23.0 Å². The third kappa shape index (κ3) is 6.21. The van der Waals surface area contributed by atoms with Crippen LogP contribution in [0.25, 0.3) is 67.5 Å². The fourth-order valence-electron chi connectivity index (χ4n) is 9.66. The molecule has 304 valence electrons. The first-order chi connectivity index (χ1) is 32.2. The Kier molecular flexibility index (Phi) is 8.99. The summed E-state index contributed by atoms with van der Waals surface area (Å²) in [6, 6.07) is 76.6. The molecule has 0 spiro atoms. The highest BCUT2D eigenvalue weighted by Gasteiger charge is 2.48. The number of hydrogen-bond acceptors (Lipinski definition) is 6. The van der Waals surface area contributed by atoms with Gasteiger partial charge in [0.25, 0.3) is 0 Å². The van der Waals surface area contributed by atoms with E-state index in [9.17, 15) is 5.26 Å². The maximum atomic E-state index is 9.61. The molecule has 65 heavy (non-hydrogen) atoms. The summed E-state index contributed by atoms with van der Waals surface area (Å²) in [6.45, 7) is 0. The SMILES string of the molecule is N#Cc1cccc(-c2cccc(-c3nc(-c4ccccc4)nc(-c4ccccc4-c4cccc5c4Oc4c(ccc6c4-c4ccccc4C6(c4ccccc4)c4ccccc4)O5)n3)c2)c1. The first-order valence-corrected chi connectivity index (χ1v) is 21.6. The fourth-order valence-corrected chi connectivity index (χ4v) is 9.66. The number of fused-ring (bicyclic) bond motifs is 6. The largest absolute Gasteiger partial charge is 0.449 e. The number of hydrogen-bond donors (Lipinski definition) is 0. The van der Waals surface area contributed by atoms with Crippen molar-refractivity contribution in [2.45, 2.75) is 5.41 Å². The number of nitriles is 1. The van der Waals surface area contributed by atoms with Crippen molar-refractivity contribution in [3.05, 3.63) is 246 Å². The predicted molar refractivity (Wildman–Crippen MR) is 256 cm³/mol. The van der Waals surface area contributed by atoms with Gasteiger partial charge in [-0.2, -0.15) is 5.26 Å². The summed E-state index contributed by atoms with van der Waals surface area (Å²) >= 11 is 0. The van der Waals surface area contributed by atoms with Crippen molar-refractivity contribution in [1.29, 1.82) is 5.26 Å². The Balaban J connectivity index is 1.01. The number of benzene rings is 9. The first-order valence-electron chi connectivity index (χ1n) is 21.6. The summed E-state index contributed by atoms with van der Waals surface area (Å²) in [7, 11) is 0. The van der Waals surface area contributed by atoms with E-state index in [0.29, 0.717) is 46.0 Å². The summed E-state index contributed by atoms with van der Waals surface area (Å²) in [6.07, 6.45) is 0. The first kappa shape index (κ1) is 37.8. The molecule has 6 nitrogen and oxygen atoms in total. The third-order valence-electron chi connectivity index (χ3n) is 12.5. The van der Waals surface area contributed by atoms with E-state index in [-0.39, 0.29) is 0 Å². The molecule has 1 aliphatic heterocycles. The minimum absolute atomic E-state index is 0.515. The zero-order valence-corrected chi connectivity index (χ0v) is 34.9. The highest BCUT2D eigenvalue weighted by atomic mass is 16.6. The normalized spacial score (nSPS) is 12.7. The van der Waals surface area contributed by atoms with Gasteiger partial charge in [0.2, 0.25) is 0 Å². The van der Waals surface area contributed by atoms with Crippen LogP contribution in [0.15, 0.2) is 218 Å². The molecule has 1 aliphatic carbocycles. The van der Waals surface area contributed by atoms with Crippen LogP contribution in [-0.4, -0.2) is 15.0 Å². The van der Waals surface area contributed by atoms with Crippen LogP contribution in [0.2, 0.25) is 0 Å². The van der Waals surface area contributed by atoms with Crippen molar-refractivity contribution in [3.63, 3.8) is 0 Å². The molecule has 0 saturated carbocycles. The topological polar surface area (TPSA) is 80.9 Å². The Hall–Kier alpha value is -8.92. The molecule has 0 unspecified atom stereocenters. The average molecular weight is 833 g/mol. The summed E-state index contributed by atoms with van der Waals surface area (Å²) in [5.41, 5.74) is 12.9. The molecule has 0 bridgehead atoms. The van der Waals surface area contributed by atoms with Gasteiger partial charge in [0, 0.05) is 27.8 Å². The standard InChI is InChI=1S/C59H36N4O2/c60-37-38-17-14-20-40(35-38)41-21-15-22-42(36-41)57-61-56(39-18-4-1-5-19-39)62-58(63-57)47-28-11-10-27-45(47)46-30-16-32-51-54(46)65-55-52(64-51)34-33-50-53(55)48-29-12-13-31-49(48)59(50,43-23-6-2-7-24-43)44-25-8-3-9-26-44/h1-36H. The molecule has 1 aromatic heterocycles. The lowest BCUT2D eigenvalue weighted by Gasteiger charge is -2.34. The third-order valence-corrected chi connectivity index (χ3v) is 12.5. The van der Waals surface area contributed by atoms with Gasteiger partial charge < -0.3 is 9.47 Å². The lowest BCUT2D eigenvalue weighted by atomic mass is 9.68. The molecule has 0 amide bonds. The van der Waals surface area contributed by atoms with Crippen molar-refractivity contribution in [2.24, 2.45) is 0 Å². The molecule has 9 aromatic carbocycles. The Morgan fingerprint density at radius 1 is 0.369 bits per heavy atom. The molecule has 0 fully saturated rings. The molecular formula is C59H36N4O2. The van der Waals surface area contributed by atoms with Crippen LogP contribution in [0.4, 0.5) is 0 Å². The van der Waals surface area contributed by atoms with E-state index in [1.807, 2.05) is 103 Å². The summed E-state index contributed by atoms with van der Waals surface area (Å²) < 4.78 is 14.1. The Labute approximate surface area is 376 Å². The zero-order valence-electron chi connectivity index (χ0n) is 34.9. The summed E-state index contributed by atoms with van der Waals surface area (Å²) in [5, 5.41) is 9.61. The Morgan fingerprint density at radius 2 is 0.908 bits per heavy atom. The van der Waals surface area contributed by atoms with E-state index >= 15 is 0 Å². The molecular weight excluding hydrogens is 797 g/mol. The van der Waals surface area contributed by atoms with E-state index in [4.69, 9.17) is 24.4 Å². The lowest BCUT2D eigenvalue weighted by molar-refractivity contribution is 0.361. The second-order valence-electron chi connectivity index (χ2n) is 16.2. The minimum Gasteiger partial charge on any atom is -0.449 e. The molecule has 10 aromatic rings. The van der Waals surface area contributed by atoms with Gasteiger partial charge >= 0.3 is 0 Å². The van der Waals surface area contributed by atoms with Crippen molar-refractivity contribution in [3.8, 4) is 96.6 Å². The second kappa shape index (κ2) is 15.5. The van der Waals surface area contributed by atoms with Crippen molar-refractivity contribution in [2.75, 3.05) is 0 Å². The van der Waals surface area contributed by atoms with Gasteiger partial charge in [-0.1, -0.05) is 188 Å². The van der Waals surface area contributed by atoms with Crippen LogP contribution in [0, 0.1) is 11.3 Å². The number of ether oxygens (including phenoxy) is 2. The van der Waals surface area contributed by atoms with E-state index in [1.54, 1.807) is 0 Å². The fraction of sp³-hybridized carbons (Fsp3) is 0.0169. The highest BCUT2D eigenvalue weighted by molar-refractivity contribution is 5.93. The van der Waals surface area contributed by atoms with E-state index in [0.717, 1.165) is 55.6 Å². The Bertz CT molecular complexity index is 3470. The smallest absolute Gasteiger partial charge is 0.178 e. The maximum absolute atomic E-state index is 9.61. The number of para-hydroxylation sites is 1. The van der Waals surface area contributed by atoms with Gasteiger partial charge in [-0.25, -0.2) is 15.0 Å². The van der Waals surface area contributed by atoms with E-state index in [2.05, 4.69) is 121 Å².